The van der Waals surface area contributed by atoms with Gasteiger partial charge in [-0.25, -0.2) is 19.2 Å². The Bertz CT molecular complexity index is 802. The molecule has 1 saturated carbocycles. The molecule has 0 atom stereocenters. The summed E-state index contributed by atoms with van der Waals surface area (Å²) in [7, 11) is 0. The molecule has 5 nitrogen and oxygen atoms in total. The van der Waals surface area contributed by atoms with Crippen molar-refractivity contribution in [3.05, 3.63) is 59.3 Å². The van der Waals surface area contributed by atoms with Crippen LogP contribution in [0.4, 0.5) is 14.6 Å². The van der Waals surface area contributed by atoms with E-state index in [0.29, 0.717) is 12.2 Å². The number of hydrogen-bond donors (Lipinski definition) is 3. The molecule has 2 aromatic rings. The molecule has 1 aromatic heterocycles. The van der Waals surface area contributed by atoms with Crippen molar-refractivity contribution in [2.45, 2.75) is 50.5 Å². The van der Waals surface area contributed by atoms with Crippen LogP contribution < -0.4 is 10.8 Å². The molecule has 3 N–H and O–H groups in total. The van der Waals surface area contributed by atoms with E-state index in [9.17, 15) is 13.6 Å². The first-order valence-corrected chi connectivity index (χ1v) is 9.04. The van der Waals surface area contributed by atoms with Crippen molar-refractivity contribution in [1.82, 2.24) is 10.5 Å². The van der Waals surface area contributed by atoms with Crippen LogP contribution in [0.25, 0.3) is 0 Å². The second kappa shape index (κ2) is 7.60. The Labute approximate surface area is 156 Å². The standard InChI is InChI=1S/C20H23F2N3O2/c1-2-14-12-15(18(26)25-27)13-23-17(14)24-19(16-6-4-3-5-7-16)8-10-20(21,22)11-9-19/h3-7,12-13,27H,2,8-11H2,1H3,(H,23,24)(H,25,26). The number of carbonyl (C=O) groups excluding carboxylic acids is 1. The minimum absolute atomic E-state index is 0.193. The molecule has 0 spiro atoms. The fraction of sp³-hybridized carbons (Fsp3) is 0.400. The zero-order valence-electron chi connectivity index (χ0n) is 15.1. The SMILES string of the molecule is CCc1cc(C(=O)NO)cnc1NC1(c2ccccc2)CCC(F)(F)CC1. The molecule has 1 heterocycles. The molecule has 1 aliphatic carbocycles. The van der Waals surface area contributed by atoms with Crippen molar-refractivity contribution in [2.24, 2.45) is 0 Å². The van der Waals surface area contributed by atoms with Crippen LogP contribution in [0.15, 0.2) is 42.6 Å². The Hall–Kier alpha value is -2.54. The highest BCUT2D eigenvalue weighted by atomic mass is 19.3. The molecule has 1 aliphatic rings. The number of hydrogen-bond acceptors (Lipinski definition) is 4. The average molecular weight is 375 g/mol. The number of carbonyl (C=O) groups is 1. The highest BCUT2D eigenvalue weighted by Crippen LogP contribution is 2.45. The van der Waals surface area contributed by atoms with Gasteiger partial charge in [-0.05, 0) is 36.5 Å². The monoisotopic (exact) mass is 375 g/mol. The van der Waals surface area contributed by atoms with Crippen LogP contribution >= 0.6 is 0 Å². The van der Waals surface area contributed by atoms with Crippen LogP contribution in [0.5, 0.6) is 0 Å². The number of hydroxylamine groups is 1. The smallest absolute Gasteiger partial charge is 0.276 e. The van der Waals surface area contributed by atoms with E-state index in [1.54, 1.807) is 11.5 Å². The van der Waals surface area contributed by atoms with Gasteiger partial charge in [0.15, 0.2) is 0 Å². The number of amides is 1. The number of pyridine rings is 1. The first kappa shape index (κ1) is 19.2. The van der Waals surface area contributed by atoms with Crippen LogP contribution in [-0.2, 0) is 12.0 Å². The lowest BCUT2D eigenvalue weighted by molar-refractivity contribution is -0.0486. The molecule has 27 heavy (non-hydrogen) atoms. The summed E-state index contributed by atoms with van der Waals surface area (Å²) in [4.78, 5) is 16.0. The van der Waals surface area contributed by atoms with E-state index in [1.807, 2.05) is 37.3 Å². The fourth-order valence-corrected chi connectivity index (χ4v) is 3.59. The van der Waals surface area contributed by atoms with Crippen molar-refractivity contribution in [1.29, 1.82) is 0 Å². The topological polar surface area (TPSA) is 74.2 Å². The molecule has 144 valence electrons. The quantitative estimate of drug-likeness (QED) is 0.539. The van der Waals surface area contributed by atoms with Gasteiger partial charge < -0.3 is 5.32 Å². The number of nitrogens with one attached hydrogen (secondary N) is 2. The number of benzene rings is 1. The summed E-state index contributed by atoms with van der Waals surface area (Å²) < 4.78 is 27.6. The van der Waals surface area contributed by atoms with Gasteiger partial charge in [-0.1, -0.05) is 37.3 Å². The maximum absolute atomic E-state index is 13.8. The van der Waals surface area contributed by atoms with E-state index >= 15 is 0 Å². The third-order valence-electron chi connectivity index (χ3n) is 5.23. The summed E-state index contributed by atoms with van der Waals surface area (Å²) in [6.07, 6.45) is 2.15. The number of nitrogens with zero attached hydrogens (tertiary/aromatic N) is 1. The van der Waals surface area contributed by atoms with Gasteiger partial charge in [0.1, 0.15) is 5.82 Å². The fourth-order valence-electron chi connectivity index (χ4n) is 3.59. The van der Waals surface area contributed by atoms with Crippen LogP contribution in [0, 0.1) is 0 Å². The highest BCUT2D eigenvalue weighted by molar-refractivity contribution is 5.93. The van der Waals surface area contributed by atoms with E-state index in [2.05, 4.69) is 10.3 Å². The van der Waals surface area contributed by atoms with E-state index in [1.165, 1.54) is 6.20 Å². The van der Waals surface area contributed by atoms with E-state index in [4.69, 9.17) is 5.21 Å². The Morgan fingerprint density at radius 1 is 1.19 bits per heavy atom. The molecular weight excluding hydrogens is 352 g/mol. The molecule has 7 heteroatoms. The molecule has 1 fully saturated rings. The Morgan fingerprint density at radius 2 is 1.85 bits per heavy atom. The minimum atomic E-state index is -2.65. The molecule has 0 unspecified atom stereocenters. The molecule has 0 bridgehead atoms. The molecule has 3 rings (SSSR count). The third-order valence-corrected chi connectivity index (χ3v) is 5.23. The third kappa shape index (κ3) is 4.08. The van der Waals surface area contributed by atoms with Crippen LogP contribution in [0.1, 0.15) is 54.1 Å². The largest absolute Gasteiger partial charge is 0.360 e. The second-order valence-electron chi connectivity index (χ2n) is 6.96. The van der Waals surface area contributed by atoms with Crippen molar-refractivity contribution in [3.63, 3.8) is 0 Å². The predicted octanol–water partition coefficient (Wildman–Crippen LogP) is 4.28. The van der Waals surface area contributed by atoms with Crippen molar-refractivity contribution in [3.8, 4) is 0 Å². The summed E-state index contributed by atoms with van der Waals surface area (Å²) in [5.41, 5.74) is 2.92. The number of aryl methyl sites for hydroxylation is 1. The Morgan fingerprint density at radius 3 is 2.44 bits per heavy atom. The lowest BCUT2D eigenvalue weighted by Gasteiger charge is -2.42. The molecule has 0 aliphatic heterocycles. The van der Waals surface area contributed by atoms with E-state index in [-0.39, 0.29) is 31.2 Å². The number of rotatable bonds is 5. The normalized spacial score (nSPS) is 17.9. The number of alkyl halides is 2. The first-order chi connectivity index (χ1) is 12.9. The van der Waals surface area contributed by atoms with Crippen molar-refractivity contribution >= 4 is 11.7 Å². The van der Waals surface area contributed by atoms with Gasteiger partial charge in [-0.15, -0.1) is 0 Å². The lowest BCUT2D eigenvalue weighted by atomic mass is 9.75. The van der Waals surface area contributed by atoms with Gasteiger partial charge in [0.05, 0.1) is 11.1 Å². The maximum Gasteiger partial charge on any atom is 0.276 e. The van der Waals surface area contributed by atoms with Gasteiger partial charge in [-0.2, -0.15) is 0 Å². The van der Waals surface area contributed by atoms with Crippen LogP contribution in [0.3, 0.4) is 0 Å². The summed E-state index contributed by atoms with van der Waals surface area (Å²) >= 11 is 0. The molecule has 0 saturated heterocycles. The number of aromatic nitrogens is 1. The molecular formula is C20H23F2N3O2. The van der Waals surface area contributed by atoms with Gasteiger partial charge >= 0.3 is 0 Å². The lowest BCUT2D eigenvalue weighted by Crippen LogP contribution is -2.43. The van der Waals surface area contributed by atoms with Gasteiger partial charge in [-0.3, -0.25) is 10.0 Å². The zero-order valence-corrected chi connectivity index (χ0v) is 15.1. The summed E-state index contributed by atoms with van der Waals surface area (Å²) in [6.45, 7) is 1.92. The van der Waals surface area contributed by atoms with E-state index in [0.717, 1.165) is 11.1 Å². The second-order valence-corrected chi connectivity index (χ2v) is 6.96. The molecule has 1 amide bonds. The minimum Gasteiger partial charge on any atom is -0.360 e. The Kier molecular flexibility index (Phi) is 5.41. The Balaban J connectivity index is 1.97. The van der Waals surface area contributed by atoms with Gasteiger partial charge in [0.25, 0.3) is 5.91 Å². The van der Waals surface area contributed by atoms with Crippen LogP contribution in [-0.4, -0.2) is 22.0 Å². The van der Waals surface area contributed by atoms with Crippen LogP contribution in [0.2, 0.25) is 0 Å². The average Bonchev–Trinajstić information content (AvgIpc) is 2.70. The maximum atomic E-state index is 13.8. The van der Waals surface area contributed by atoms with E-state index < -0.39 is 17.4 Å². The predicted molar refractivity (Wildman–Crippen MR) is 98.0 cm³/mol. The zero-order chi connectivity index (χ0) is 19.5. The van der Waals surface area contributed by atoms with Gasteiger partial charge in [0.2, 0.25) is 5.92 Å². The number of anilines is 1. The summed E-state index contributed by atoms with van der Waals surface area (Å²) in [5, 5.41) is 12.2. The first-order valence-electron chi connectivity index (χ1n) is 9.04. The highest BCUT2D eigenvalue weighted by Gasteiger charge is 2.44. The number of halogens is 2. The molecule has 0 radical (unpaired) electrons. The molecule has 1 aromatic carbocycles. The van der Waals surface area contributed by atoms with Crippen molar-refractivity contribution in [2.75, 3.05) is 5.32 Å². The summed E-state index contributed by atoms with van der Waals surface area (Å²) in [5.74, 6) is -2.72. The van der Waals surface area contributed by atoms with Gasteiger partial charge in [0, 0.05) is 19.0 Å². The van der Waals surface area contributed by atoms with Crippen molar-refractivity contribution < 1.29 is 18.8 Å². The summed E-state index contributed by atoms with van der Waals surface area (Å²) in [6, 6.07) is 11.2.